The zero-order valence-corrected chi connectivity index (χ0v) is 13.4. The quantitative estimate of drug-likeness (QED) is 0.622. The van der Waals surface area contributed by atoms with Gasteiger partial charge in [-0.25, -0.2) is 0 Å². The molecule has 6 heteroatoms. The molecule has 0 saturated carbocycles. The molecule has 1 atom stereocenters. The van der Waals surface area contributed by atoms with Crippen molar-refractivity contribution in [2.24, 2.45) is 5.41 Å². The molecule has 0 aliphatic carbocycles. The summed E-state index contributed by atoms with van der Waals surface area (Å²) in [5, 5.41) is 24.1. The van der Waals surface area contributed by atoms with Gasteiger partial charge in [-0.2, -0.15) is 0 Å². The second kappa shape index (κ2) is 6.95. The van der Waals surface area contributed by atoms with Crippen LogP contribution in [0.4, 0.5) is 5.69 Å². The number of hydrogen-bond donors (Lipinski definition) is 2. The molecule has 1 heterocycles. The van der Waals surface area contributed by atoms with Crippen molar-refractivity contribution in [3.8, 4) is 0 Å². The molecule has 1 aromatic rings. The molecule has 21 heavy (non-hydrogen) atoms. The number of nitrogens with one attached hydrogen (secondary N) is 1. The van der Waals surface area contributed by atoms with Crippen molar-refractivity contribution in [1.29, 1.82) is 0 Å². The first-order valence-electron chi connectivity index (χ1n) is 7.10. The molecule has 0 aliphatic heterocycles. The van der Waals surface area contributed by atoms with Crippen LogP contribution in [0.15, 0.2) is 6.20 Å². The van der Waals surface area contributed by atoms with E-state index in [1.807, 2.05) is 0 Å². The van der Waals surface area contributed by atoms with Gasteiger partial charge < -0.3 is 10.4 Å². The second-order valence-corrected chi connectivity index (χ2v) is 6.67. The summed E-state index contributed by atoms with van der Waals surface area (Å²) in [6.07, 6.45) is 1.78. The summed E-state index contributed by atoms with van der Waals surface area (Å²) in [5.41, 5.74) is 1.98. The highest BCUT2D eigenvalue weighted by Crippen LogP contribution is 2.24. The number of nitrogens with zero attached hydrogens (tertiary/aromatic N) is 2. The van der Waals surface area contributed by atoms with E-state index >= 15 is 0 Å². The van der Waals surface area contributed by atoms with Crippen molar-refractivity contribution in [1.82, 2.24) is 10.3 Å². The fourth-order valence-corrected chi connectivity index (χ4v) is 2.36. The summed E-state index contributed by atoms with van der Waals surface area (Å²) in [6, 6.07) is 0. The largest absolute Gasteiger partial charge is 0.392 e. The van der Waals surface area contributed by atoms with Crippen molar-refractivity contribution in [2.75, 3.05) is 6.54 Å². The Morgan fingerprint density at radius 3 is 2.57 bits per heavy atom. The molecule has 6 nitrogen and oxygen atoms in total. The Hall–Kier alpha value is -1.53. The fourth-order valence-electron chi connectivity index (χ4n) is 2.36. The highest BCUT2D eigenvalue weighted by Gasteiger charge is 2.19. The molecule has 2 N–H and O–H groups in total. The van der Waals surface area contributed by atoms with Gasteiger partial charge >= 0.3 is 0 Å². The molecule has 0 fully saturated rings. The number of nitro groups is 1. The lowest BCUT2D eigenvalue weighted by molar-refractivity contribution is -0.386. The van der Waals surface area contributed by atoms with Gasteiger partial charge in [0.15, 0.2) is 0 Å². The van der Waals surface area contributed by atoms with Crippen LogP contribution in [0.25, 0.3) is 0 Å². The van der Waals surface area contributed by atoms with E-state index in [-0.39, 0.29) is 16.0 Å². The summed E-state index contributed by atoms with van der Waals surface area (Å²) in [5.74, 6) is 0. The number of pyridine rings is 1. The summed E-state index contributed by atoms with van der Waals surface area (Å²) < 4.78 is 0. The van der Waals surface area contributed by atoms with Gasteiger partial charge in [0.1, 0.15) is 0 Å². The Bertz CT molecular complexity index is 510. The first-order valence-corrected chi connectivity index (χ1v) is 7.10. The maximum Gasteiger partial charge on any atom is 0.278 e. The fraction of sp³-hybridized carbons (Fsp3) is 0.667. The number of rotatable bonds is 6. The third-order valence-corrected chi connectivity index (χ3v) is 3.28. The van der Waals surface area contributed by atoms with Gasteiger partial charge in [0.25, 0.3) is 5.69 Å². The van der Waals surface area contributed by atoms with Crippen LogP contribution in [-0.2, 0) is 6.54 Å². The standard InChI is InChI=1S/C15H25N3O3/c1-10-7-17-13(11(2)14(10)18(20)21)9-16-8-12(19)6-15(3,4)5/h7,12,16,19H,6,8-9H2,1-5H3. The SMILES string of the molecule is Cc1cnc(CNCC(O)CC(C)(C)C)c(C)c1[N+](=O)[O-]. The number of aliphatic hydroxyl groups excluding tert-OH is 1. The summed E-state index contributed by atoms with van der Waals surface area (Å²) >= 11 is 0. The smallest absolute Gasteiger partial charge is 0.278 e. The minimum atomic E-state index is -0.439. The maximum absolute atomic E-state index is 11.1. The molecule has 0 aromatic carbocycles. The van der Waals surface area contributed by atoms with Crippen molar-refractivity contribution in [3.63, 3.8) is 0 Å². The van der Waals surface area contributed by atoms with Crippen molar-refractivity contribution >= 4 is 5.69 Å². The van der Waals surface area contributed by atoms with Crippen LogP contribution in [0.5, 0.6) is 0 Å². The maximum atomic E-state index is 11.1. The highest BCUT2D eigenvalue weighted by molar-refractivity contribution is 5.47. The van der Waals surface area contributed by atoms with E-state index in [2.05, 4.69) is 31.1 Å². The van der Waals surface area contributed by atoms with E-state index in [0.29, 0.717) is 36.3 Å². The van der Waals surface area contributed by atoms with E-state index in [4.69, 9.17) is 0 Å². The molecule has 0 spiro atoms. The first kappa shape index (κ1) is 17.5. The van der Waals surface area contributed by atoms with E-state index in [1.54, 1.807) is 13.8 Å². The van der Waals surface area contributed by atoms with Gasteiger partial charge in [0.2, 0.25) is 0 Å². The average molecular weight is 295 g/mol. The van der Waals surface area contributed by atoms with Crippen molar-refractivity contribution < 1.29 is 10.0 Å². The normalized spacial score (nSPS) is 13.2. The molecule has 1 rings (SSSR count). The van der Waals surface area contributed by atoms with Crippen LogP contribution in [0.3, 0.4) is 0 Å². The molecular formula is C15H25N3O3. The van der Waals surface area contributed by atoms with Crippen molar-refractivity contribution in [2.45, 2.75) is 53.7 Å². The summed E-state index contributed by atoms with van der Waals surface area (Å²) in [7, 11) is 0. The predicted octanol–water partition coefficient (Wildman–Crippen LogP) is 2.49. The Balaban J connectivity index is 2.65. The van der Waals surface area contributed by atoms with Crippen LogP contribution >= 0.6 is 0 Å². The lowest BCUT2D eigenvalue weighted by Crippen LogP contribution is -2.30. The molecule has 0 aliphatic rings. The zero-order chi connectivity index (χ0) is 16.2. The Kier molecular flexibility index (Phi) is 5.80. The van der Waals surface area contributed by atoms with Crippen LogP contribution in [0.1, 0.15) is 44.0 Å². The van der Waals surface area contributed by atoms with Gasteiger partial charge in [0, 0.05) is 30.4 Å². The average Bonchev–Trinajstić information content (AvgIpc) is 2.29. The van der Waals surface area contributed by atoms with Gasteiger partial charge in [-0.1, -0.05) is 20.8 Å². The second-order valence-electron chi connectivity index (χ2n) is 6.67. The molecule has 0 radical (unpaired) electrons. The lowest BCUT2D eigenvalue weighted by Gasteiger charge is -2.22. The van der Waals surface area contributed by atoms with Crippen molar-refractivity contribution in [3.05, 3.63) is 33.1 Å². The number of aliphatic hydroxyl groups is 1. The number of aromatic nitrogens is 1. The van der Waals surface area contributed by atoms with E-state index in [1.165, 1.54) is 6.20 Å². The number of aryl methyl sites for hydroxylation is 1. The zero-order valence-electron chi connectivity index (χ0n) is 13.4. The third kappa shape index (κ3) is 5.40. The van der Waals surface area contributed by atoms with Gasteiger partial charge in [0.05, 0.1) is 16.7 Å². The van der Waals surface area contributed by atoms with E-state index in [0.717, 1.165) is 0 Å². The van der Waals surface area contributed by atoms with Gasteiger partial charge in [-0.15, -0.1) is 0 Å². The first-order chi connectivity index (χ1) is 9.61. The molecule has 1 aromatic heterocycles. The lowest BCUT2D eigenvalue weighted by atomic mass is 9.89. The Morgan fingerprint density at radius 2 is 2.05 bits per heavy atom. The van der Waals surface area contributed by atoms with Crippen LogP contribution in [-0.4, -0.2) is 27.7 Å². The summed E-state index contributed by atoms with van der Waals surface area (Å²) in [6.45, 7) is 10.5. The Labute approximate surface area is 125 Å². The summed E-state index contributed by atoms with van der Waals surface area (Å²) in [4.78, 5) is 14.9. The molecular weight excluding hydrogens is 270 g/mol. The molecule has 0 bridgehead atoms. The monoisotopic (exact) mass is 295 g/mol. The van der Waals surface area contributed by atoms with E-state index < -0.39 is 6.10 Å². The topological polar surface area (TPSA) is 88.3 Å². The van der Waals surface area contributed by atoms with Crippen LogP contribution < -0.4 is 5.32 Å². The third-order valence-electron chi connectivity index (χ3n) is 3.28. The minimum Gasteiger partial charge on any atom is -0.392 e. The Morgan fingerprint density at radius 1 is 1.43 bits per heavy atom. The highest BCUT2D eigenvalue weighted by atomic mass is 16.6. The molecule has 0 amide bonds. The number of hydrogen-bond acceptors (Lipinski definition) is 5. The van der Waals surface area contributed by atoms with Crippen LogP contribution in [0, 0.1) is 29.4 Å². The predicted molar refractivity (Wildman–Crippen MR) is 82.2 cm³/mol. The molecule has 0 saturated heterocycles. The van der Waals surface area contributed by atoms with E-state index in [9.17, 15) is 15.2 Å². The molecule has 118 valence electrons. The molecule has 1 unspecified atom stereocenters. The minimum absolute atomic E-state index is 0.0674. The van der Waals surface area contributed by atoms with Gasteiger partial charge in [-0.3, -0.25) is 15.1 Å². The van der Waals surface area contributed by atoms with Crippen LogP contribution in [0.2, 0.25) is 0 Å². The van der Waals surface area contributed by atoms with Gasteiger partial charge in [-0.05, 0) is 25.7 Å².